The Morgan fingerprint density at radius 1 is 0.786 bits per heavy atom. The zero-order chi connectivity index (χ0) is 10.5. The molecular weight excluding hydrogens is 188 g/mol. The smallest absolute Gasteiger partial charge is 0.00975 e. The standard InChI is InChI=1S/C13H24S/c1-2-3-4-5-6-7-8-9-10-11-12-13-14/h14H,2-11H2,1H3. The van der Waals surface area contributed by atoms with Gasteiger partial charge in [0.25, 0.3) is 0 Å². The van der Waals surface area contributed by atoms with Crippen molar-refractivity contribution in [3.05, 3.63) is 0 Å². The molecular formula is C13H24S. The molecule has 0 atom stereocenters. The fourth-order valence-electron chi connectivity index (χ4n) is 1.58. The summed E-state index contributed by atoms with van der Waals surface area (Å²) >= 11 is 3.85. The molecule has 0 aliphatic carbocycles. The van der Waals surface area contributed by atoms with Crippen LogP contribution in [-0.2, 0) is 0 Å². The molecule has 0 fully saturated rings. The third-order valence-electron chi connectivity index (χ3n) is 2.48. The van der Waals surface area contributed by atoms with Crippen molar-refractivity contribution in [1.29, 1.82) is 0 Å². The monoisotopic (exact) mass is 212 g/mol. The van der Waals surface area contributed by atoms with E-state index in [1.165, 1.54) is 57.8 Å². The largest absolute Gasteiger partial charge is 0.0922 e. The van der Waals surface area contributed by atoms with E-state index in [4.69, 9.17) is 0 Å². The van der Waals surface area contributed by atoms with Gasteiger partial charge < -0.3 is 0 Å². The van der Waals surface area contributed by atoms with Crippen LogP contribution in [0.15, 0.2) is 0 Å². The van der Waals surface area contributed by atoms with Crippen LogP contribution in [0.25, 0.3) is 0 Å². The SMILES string of the molecule is CCCCCCCCCCCC#CS. The molecule has 1 heteroatoms. The van der Waals surface area contributed by atoms with Crippen LogP contribution < -0.4 is 0 Å². The van der Waals surface area contributed by atoms with E-state index < -0.39 is 0 Å². The Labute approximate surface area is 95.3 Å². The summed E-state index contributed by atoms with van der Waals surface area (Å²) in [5.41, 5.74) is 0. The van der Waals surface area contributed by atoms with Gasteiger partial charge in [0.1, 0.15) is 0 Å². The quantitative estimate of drug-likeness (QED) is 0.317. The highest BCUT2D eigenvalue weighted by Gasteiger charge is 1.90. The second kappa shape index (κ2) is 12.9. The van der Waals surface area contributed by atoms with Crippen molar-refractivity contribution in [1.82, 2.24) is 0 Å². The Morgan fingerprint density at radius 2 is 1.29 bits per heavy atom. The molecule has 0 spiro atoms. The van der Waals surface area contributed by atoms with Crippen LogP contribution in [0.2, 0.25) is 0 Å². The van der Waals surface area contributed by atoms with Crippen molar-refractivity contribution in [2.45, 2.75) is 71.1 Å². The van der Waals surface area contributed by atoms with Crippen LogP contribution in [-0.4, -0.2) is 0 Å². The van der Waals surface area contributed by atoms with E-state index in [2.05, 4.69) is 30.7 Å². The van der Waals surface area contributed by atoms with Gasteiger partial charge in [0.05, 0.1) is 0 Å². The van der Waals surface area contributed by atoms with Gasteiger partial charge in [-0.2, -0.15) is 0 Å². The first-order chi connectivity index (χ1) is 6.91. The van der Waals surface area contributed by atoms with Crippen LogP contribution >= 0.6 is 12.6 Å². The van der Waals surface area contributed by atoms with Gasteiger partial charge in [-0.1, -0.05) is 76.8 Å². The minimum atomic E-state index is 1.03. The summed E-state index contributed by atoms with van der Waals surface area (Å²) in [7, 11) is 0. The summed E-state index contributed by atoms with van der Waals surface area (Å²) in [5, 5.41) is 2.64. The van der Waals surface area contributed by atoms with Gasteiger partial charge in [0.15, 0.2) is 0 Å². The van der Waals surface area contributed by atoms with Gasteiger partial charge >= 0.3 is 0 Å². The Hall–Kier alpha value is -0.0900. The minimum Gasteiger partial charge on any atom is -0.0922 e. The van der Waals surface area contributed by atoms with Crippen molar-refractivity contribution in [3.8, 4) is 11.2 Å². The van der Waals surface area contributed by atoms with Gasteiger partial charge in [-0.15, -0.1) is 0 Å². The van der Waals surface area contributed by atoms with Crippen molar-refractivity contribution < 1.29 is 0 Å². The molecule has 0 rings (SSSR count). The lowest BCUT2D eigenvalue weighted by Gasteiger charge is -1.99. The fraction of sp³-hybridized carbons (Fsp3) is 0.846. The summed E-state index contributed by atoms with van der Waals surface area (Å²) < 4.78 is 0. The topological polar surface area (TPSA) is 0 Å². The van der Waals surface area contributed by atoms with Gasteiger partial charge in [-0.25, -0.2) is 0 Å². The lowest BCUT2D eigenvalue weighted by atomic mass is 10.1. The van der Waals surface area contributed by atoms with E-state index in [9.17, 15) is 0 Å². The molecule has 82 valence electrons. The van der Waals surface area contributed by atoms with Crippen LogP contribution in [0.3, 0.4) is 0 Å². The van der Waals surface area contributed by atoms with Crippen molar-refractivity contribution >= 4 is 12.6 Å². The lowest BCUT2D eigenvalue weighted by Crippen LogP contribution is -1.80. The Bertz CT molecular complexity index is 152. The number of unbranched alkanes of at least 4 members (excludes halogenated alkanes) is 9. The minimum absolute atomic E-state index is 1.03. The molecule has 0 radical (unpaired) electrons. The first kappa shape index (κ1) is 13.9. The number of rotatable bonds is 9. The highest BCUT2D eigenvalue weighted by Crippen LogP contribution is 2.09. The summed E-state index contributed by atoms with van der Waals surface area (Å²) in [6, 6.07) is 0. The van der Waals surface area contributed by atoms with Gasteiger partial charge in [0, 0.05) is 6.42 Å². The average molecular weight is 212 g/mol. The molecule has 0 aliphatic rings. The van der Waals surface area contributed by atoms with Crippen LogP contribution in [0.4, 0.5) is 0 Å². The molecule has 0 amide bonds. The lowest BCUT2D eigenvalue weighted by molar-refractivity contribution is 0.567. The summed E-state index contributed by atoms with van der Waals surface area (Å²) in [6.45, 7) is 2.27. The summed E-state index contributed by atoms with van der Waals surface area (Å²) in [4.78, 5) is 0. The van der Waals surface area contributed by atoms with E-state index in [0.29, 0.717) is 0 Å². The predicted octanol–water partition coefficient (Wildman–Crippen LogP) is 4.80. The van der Waals surface area contributed by atoms with Crippen molar-refractivity contribution in [2.24, 2.45) is 0 Å². The molecule has 0 aromatic carbocycles. The maximum Gasteiger partial charge on any atom is 0.00975 e. The second-order valence-electron chi connectivity index (χ2n) is 3.87. The van der Waals surface area contributed by atoms with Crippen LogP contribution in [0.1, 0.15) is 71.1 Å². The van der Waals surface area contributed by atoms with Crippen LogP contribution in [0.5, 0.6) is 0 Å². The molecule has 0 bridgehead atoms. The summed E-state index contributed by atoms with van der Waals surface area (Å²) in [5.74, 6) is 2.98. The van der Waals surface area contributed by atoms with Gasteiger partial charge in [-0.3, -0.25) is 0 Å². The molecule has 14 heavy (non-hydrogen) atoms. The number of thiol groups is 1. The van der Waals surface area contributed by atoms with E-state index >= 15 is 0 Å². The van der Waals surface area contributed by atoms with Gasteiger partial charge in [0.2, 0.25) is 0 Å². The van der Waals surface area contributed by atoms with E-state index in [1.54, 1.807) is 0 Å². The maximum absolute atomic E-state index is 3.85. The number of hydrogen-bond acceptors (Lipinski definition) is 1. The molecule has 0 aromatic heterocycles. The molecule has 0 saturated carbocycles. The van der Waals surface area contributed by atoms with E-state index in [-0.39, 0.29) is 0 Å². The predicted molar refractivity (Wildman–Crippen MR) is 68.6 cm³/mol. The fourth-order valence-corrected chi connectivity index (χ4v) is 1.69. The number of hydrogen-bond donors (Lipinski definition) is 1. The van der Waals surface area contributed by atoms with E-state index in [1.807, 2.05) is 0 Å². The highest BCUT2D eigenvalue weighted by molar-refractivity contribution is 7.85. The average Bonchev–Trinajstić information content (AvgIpc) is 2.21. The second-order valence-corrected chi connectivity index (χ2v) is 4.09. The van der Waals surface area contributed by atoms with Gasteiger partial charge in [-0.05, 0) is 11.7 Å². The molecule has 0 unspecified atom stereocenters. The maximum atomic E-state index is 3.85. The zero-order valence-corrected chi connectivity index (χ0v) is 10.4. The molecule has 0 N–H and O–H groups in total. The van der Waals surface area contributed by atoms with Crippen molar-refractivity contribution in [2.75, 3.05) is 0 Å². The molecule has 0 saturated heterocycles. The Kier molecular flexibility index (Phi) is 12.8. The Balaban J connectivity index is 2.87. The molecule has 0 nitrogen and oxygen atoms in total. The third-order valence-corrected chi connectivity index (χ3v) is 2.64. The zero-order valence-electron chi connectivity index (χ0n) is 9.52. The van der Waals surface area contributed by atoms with Crippen molar-refractivity contribution in [3.63, 3.8) is 0 Å². The molecule has 0 aliphatic heterocycles. The normalized spacial score (nSPS) is 9.57. The first-order valence-electron chi connectivity index (χ1n) is 6.03. The van der Waals surface area contributed by atoms with Crippen LogP contribution in [0, 0.1) is 11.2 Å². The Morgan fingerprint density at radius 3 is 1.79 bits per heavy atom. The molecule has 0 heterocycles. The first-order valence-corrected chi connectivity index (χ1v) is 6.48. The summed E-state index contributed by atoms with van der Waals surface area (Å²) in [6.07, 6.45) is 13.5. The highest BCUT2D eigenvalue weighted by atomic mass is 32.1. The molecule has 0 aromatic rings. The third kappa shape index (κ3) is 11.9. The van der Waals surface area contributed by atoms with E-state index in [0.717, 1.165) is 6.42 Å².